The third-order valence-corrected chi connectivity index (χ3v) is 5.83. The van der Waals surface area contributed by atoms with Gasteiger partial charge >= 0.3 is 0 Å². The smallest absolute Gasteiger partial charge is 0.293 e. The Kier molecular flexibility index (Phi) is 6.18. The van der Waals surface area contributed by atoms with E-state index < -0.39 is 0 Å². The van der Waals surface area contributed by atoms with Crippen LogP contribution < -0.4 is 14.8 Å². The first kappa shape index (κ1) is 21.9. The normalized spacial score (nSPS) is 17.9. The number of carbonyl (C=O) groups is 3. The quantitative estimate of drug-likeness (QED) is 0.644. The SMILES string of the molecule is CC1(C)Cc2cccc(OCC(=O)NCCN3C(=O)S/C(=C\c4cccnc4)C3=O)c2O1. The van der Waals surface area contributed by atoms with E-state index in [1.165, 1.54) is 0 Å². The van der Waals surface area contributed by atoms with Crippen LogP contribution in [0.1, 0.15) is 25.0 Å². The molecule has 2 aromatic rings. The van der Waals surface area contributed by atoms with Crippen LogP contribution in [-0.4, -0.2) is 52.2 Å². The molecule has 4 rings (SSSR count). The van der Waals surface area contributed by atoms with Crippen LogP contribution >= 0.6 is 11.8 Å². The molecule has 0 atom stereocenters. The van der Waals surface area contributed by atoms with E-state index in [9.17, 15) is 14.4 Å². The lowest BCUT2D eigenvalue weighted by molar-refractivity contribution is -0.125. The Morgan fingerprint density at radius 3 is 2.94 bits per heavy atom. The van der Waals surface area contributed by atoms with Gasteiger partial charge in [0, 0.05) is 37.5 Å². The van der Waals surface area contributed by atoms with E-state index in [2.05, 4.69) is 10.3 Å². The molecule has 0 radical (unpaired) electrons. The maximum absolute atomic E-state index is 12.5. The van der Waals surface area contributed by atoms with Gasteiger partial charge in [-0.25, -0.2) is 0 Å². The number of pyridine rings is 1. The van der Waals surface area contributed by atoms with Crippen LogP contribution in [0.25, 0.3) is 6.08 Å². The van der Waals surface area contributed by atoms with E-state index in [0.29, 0.717) is 16.4 Å². The van der Waals surface area contributed by atoms with Crippen molar-refractivity contribution in [2.24, 2.45) is 0 Å². The average molecular weight is 454 g/mol. The second-order valence-electron chi connectivity index (χ2n) is 8.04. The van der Waals surface area contributed by atoms with Crippen molar-refractivity contribution in [3.63, 3.8) is 0 Å². The molecule has 9 heteroatoms. The van der Waals surface area contributed by atoms with Crippen molar-refractivity contribution in [3.05, 3.63) is 58.8 Å². The Balaban J connectivity index is 1.26. The van der Waals surface area contributed by atoms with Gasteiger partial charge in [-0.1, -0.05) is 18.2 Å². The number of hydrogen-bond donors (Lipinski definition) is 1. The number of amides is 3. The number of carbonyl (C=O) groups excluding carboxylic acids is 3. The summed E-state index contributed by atoms with van der Waals surface area (Å²) in [6.07, 6.45) is 5.65. The van der Waals surface area contributed by atoms with Gasteiger partial charge in [-0.3, -0.25) is 24.3 Å². The van der Waals surface area contributed by atoms with Gasteiger partial charge in [0.25, 0.3) is 17.1 Å². The molecule has 1 N–H and O–H groups in total. The number of fused-ring (bicyclic) bond motifs is 1. The number of imide groups is 1. The molecule has 2 aliphatic heterocycles. The fraction of sp³-hybridized carbons (Fsp3) is 0.304. The van der Waals surface area contributed by atoms with Crippen LogP contribution in [0.4, 0.5) is 4.79 Å². The summed E-state index contributed by atoms with van der Waals surface area (Å²) >= 11 is 0.874. The molecule has 1 aromatic carbocycles. The standard InChI is InChI=1S/C23H23N3O5S/c1-23(2)12-16-6-3-7-17(20(16)31-23)30-14-19(27)25-9-10-26-21(28)18(32-22(26)29)11-15-5-4-8-24-13-15/h3-8,11,13H,9-10,12,14H2,1-2H3,(H,25,27)/b18-11-. The first-order valence-corrected chi connectivity index (χ1v) is 11.0. The Hall–Kier alpha value is -3.33. The van der Waals surface area contributed by atoms with Crippen molar-refractivity contribution in [3.8, 4) is 11.5 Å². The first-order valence-electron chi connectivity index (χ1n) is 10.2. The van der Waals surface area contributed by atoms with Crippen molar-refractivity contribution in [1.29, 1.82) is 0 Å². The monoisotopic (exact) mass is 453 g/mol. The molecule has 0 spiro atoms. The second-order valence-corrected chi connectivity index (χ2v) is 9.03. The molecule has 8 nitrogen and oxygen atoms in total. The van der Waals surface area contributed by atoms with E-state index in [4.69, 9.17) is 9.47 Å². The highest BCUT2D eigenvalue weighted by molar-refractivity contribution is 8.18. The van der Waals surface area contributed by atoms with E-state index in [1.54, 1.807) is 36.7 Å². The van der Waals surface area contributed by atoms with Crippen molar-refractivity contribution < 1.29 is 23.9 Å². The molecule has 3 amide bonds. The number of thioether (sulfide) groups is 1. The van der Waals surface area contributed by atoms with Gasteiger partial charge < -0.3 is 14.8 Å². The number of nitrogens with one attached hydrogen (secondary N) is 1. The topological polar surface area (TPSA) is 97.8 Å². The lowest BCUT2D eigenvalue weighted by atomic mass is 10.0. The number of para-hydroxylation sites is 1. The average Bonchev–Trinajstić information content (AvgIpc) is 3.22. The Bertz CT molecular complexity index is 1080. The number of hydrogen-bond acceptors (Lipinski definition) is 7. The second kappa shape index (κ2) is 9.04. The zero-order chi connectivity index (χ0) is 22.7. The van der Waals surface area contributed by atoms with E-state index in [-0.39, 0.29) is 42.4 Å². The van der Waals surface area contributed by atoms with Crippen molar-refractivity contribution in [1.82, 2.24) is 15.2 Å². The maximum atomic E-state index is 12.5. The van der Waals surface area contributed by atoms with E-state index in [0.717, 1.165) is 34.2 Å². The zero-order valence-electron chi connectivity index (χ0n) is 17.8. The molecular formula is C23H23N3O5S. The Labute approximate surface area is 190 Å². The van der Waals surface area contributed by atoms with Crippen molar-refractivity contribution in [2.45, 2.75) is 25.9 Å². The highest BCUT2D eigenvalue weighted by Crippen LogP contribution is 2.41. The summed E-state index contributed by atoms with van der Waals surface area (Å²) in [5, 5.41) is 2.31. The van der Waals surface area contributed by atoms with Crippen LogP contribution in [0.15, 0.2) is 47.6 Å². The van der Waals surface area contributed by atoms with Gasteiger partial charge in [0.05, 0.1) is 4.91 Å². The molecule has 0 aliphatic carbocycles. The minimum Gasteiger partial charge on any atom is -0.483 e. The molecular weight excluding hydrogens is 430 g/mol. The highest BCUT2D eigenvalue weighted by atomic mass is 32.2. The molecule has 0 bridgehead atoms. The summed E-state index contributed by atoms with van der Waals surface area (Å²) in [5.74, 6) is 0.463. The molecule has 1 saturated heterocycles. The number of nitrogens with zero attached hydrogens (tertiary/aromatic N) is 2. The summed E-state index contributed by atoms with van der Waals surface area (Å²) in [6.45, 7) is 4.03. The predicted molar refractivity (Wildman–Crippen MR) is 120 cm³/mol. The third kappa shape index (κ3) is 4.94. The number of rotatable bonds is 7. The number of aromatic nitrogens is 1. The summed E-state index contributed by atoms with van der Waals surface area (Å²) < 4.78 is 11.6. The van der Waals surface area contributed by atoms with Crippen LogP contribution in [-0.2, 0) is 16.0 Å². The van der Waals surface area contributed by atoms with Gasteiger partial charge in [0.1, 0.15) is 5.60 Å². The van der Waals surface area contributed by atoms with E-state index in [1.807, 2.05) is 26.0 Å². The van der Waals surface area contributed by atoms with E-state index >= 15 is 0 Å². The van der Waals surface area contributed by atoms with Gasteiger partial charge in [-0.2, -0.15) is 0 Å². The fourth-order valence-electron chi connectivity index (χ4n) is 3.51. The number of benzene rings is 1. The van der Waals surface area contributed by atoms with Crippen LogP contribution in [0.2, 0.25) is 0 Å². The summed E-state index contributed by atoms with van der Waals surface area (Å²) in [4.78, 5) is 42.3. The summed E-state index contributed by atoms with van der Waals surface area (Å²) in [6, 6.07) is 9.17. The Morgan fingerprint density at radius 1 is 1.31 bits per heavy atom. The first-order chi connectivity index (χ1) is 15.3. The lowest BCUT2D eigenvalue weighted by Crippen LogP contribution is -2.38. The molecule has 166 valence electrons. The molecule has 3 heterocycles. The molecule has 32 heavy (non-hydrogen) atoms. The van der Waals surface area contributed by atoms with Gasteiger partial charge in [0.15, 0.2) is 18.1 Å². The summed E-state index contributed by atoms with van der Waals surface area (Å²) in [5.41, 5.74) is 1.48. The number of ether oxygens (including phenoxy) is 2. The van der Waals surface area contributed by atoms with Crippen molar-refractivity contribution >= 4 is 34.9 Å². The fourth-order valence-corrected chi connectivity index (χ4v) is 4.37. The molecule has 1 fully saturated rings. The molecule has 1 aromatic heterocycles. The minimum atomic E-state index is -0.381. The van der Waals surface area contributed by atoms with Crippen LogP contribution in [0, 0.1) is 0 Å². The lowest BCUT2D eigenvalue weighted by Gasteiger charge is -2.18. The summed E-state index contributed by atoms with van der Waals surface area (Å²) in [7, 11) is 0. The zero-order valence-corrected chi connectivity index (χ0v) is 18.6. The molecule has 2 aliphatic rings. The predicted octanol–water partition coefficient (Wildman–Crippen LogP) is 3.03. The highest BCUT2D eigenvalue weighted by Gasteiger charge is 2.35. The Morgan fingerprint density at radius 2 is 2.16 bits per heavy atom. The van der Waals surface area contributed by atoms with Gasteiger partial charge in [-0.05, 0) is 49.4 Å². The molecule has 0 unspecified atom stereocenters. The largest absolute Gasteiger partial charge is 0.483 e. The minimum absolute atomic E-state index is 0.0822. The third-order valence-electron chi connectivity index (χ3n) is 4.93. The van der Waals surface area contributed by atoms with Crippen LogP contribution in [0.3, 0.4) is 0 Å². The van der Waals surface area contributed by atoms with Gasteiger partial charge in [0.2, 0.25) is 0 Å². The van der Waals surface area contributed by atoms with Gasteiger partial charge in [-0.15, -0.1) is 0 Å². The maximum Gasteiger partial charge on any atom is 0.293 e. The van der Waals surface area contributed by atoms with Crippen LogP contribution in [0.5, 0.6) is 11.5 Å². The van der Waals surface area contributed by atoms with Crippen molar-refractivity contribution in [2.75, 3.05) is 19.7 Å². The molecule has 0 saturated carbocycles.